The van der Waals surface area contributed by atoms with Crippen molar-refractivity contribution in [3.05, 3.63) is 59.8 Å². The molecule has 4 rings (SSSR count). The molecular weight excluding hydrogens is 354 g/mol. The summed E-state index contributed by atoms with van der Waals surface area (Å²) in [6, 6.07) is 14.1. The monoisotopic (exact) mass is 381 g/mol. The zero-order valence-corrected chi connectivity index (χ0v) is 16.1. The van der Waals surface area contributed by atoms with Crippen molar-refractivity contribution in [2.75, 3.05) is 39.4 Å². The molecule has 1 amide bonds. The topological polar surface area (TPSA) is 54.9 Å². The number of rotatable bonds is 5. The number of benzene rings is 1. The van der Waals surface area contributed by atoms with Gasteiger partial charge in [0.15, 0.2) is 0 Å². The van der Waals surface area contributed by atoms with Gasteiger partial charge in [-0.05, 0) is 11.6 Å². The van der Waals surface area contributed by atoms with Crippen LogP contribution in [0.3, 0.4) is 0 Å². The minimum absolute atomic E-state index is 0.0458. The van der Waals surface area contributed by atoms with E-state index >= 15 is 0 Å². The van der Waals surface area contributed by atoms with Crippen LogP contribution >= 0.6 is 0 Å². The van der Waals surface area contributed by atoms with E-state index in [1.807, 2.05) is 17.0 Å². The second-order valence-corrected chi connectivity index (χ2v) is 7.37. The second-order valence-electron chi connectivity index (χ2n) is 7.37. The first-order valence-corrected chi connectivity index (χ1v) is 10.0. The van der Waals surface area contributed by atoms with Crippen molar-refractivity contribution in [2.45, 2.75) is 25.5 Å². The highest BCUT2D eigenvalue weighted by Crippen LogP contribution is 2.17. The van der Waals surface area contributed by atoms with E-state index in [1.54, 1.807) is 12.3 Å². The quantitative estimate of drug-likeness (QED) is 0.797. The highest BCUT2D eigenvalue weighted by Gasteiger charge is 2.23. The number of aromatic nitrogens is 1. The summed E-state index contributed by atoms with van der Waals surface area (Å²) in [7, 11) is 0. The first kappa shape index (κ1) is 18.9. The Bertz CT molecular complexity index is 752. The molecule has 0 atom stereocenters. The zero-order valence-electron chi connectivity index (χ0n) is 16.1. The number of ether oxygens (including phenoxy) is 2. The Hall–Kier alpha value is -2.44. The highest BCUT2D eigenvalue weighted by atomic mass is 16.5. The number of hydrogen-bond acceptors (Lipinski definition) is 5. The van der Waals surface area contributed by atoms with Crippen molar-refractivity contribution in [1.29, 1.82) is 0 Å². The summed E-state index contributed by atoms with van der Waals surface area (Å²) in [6.45, 7) is 5.66. The summed E-state index contributed by atoms with van der Waals surface area (Å²) in [6.07, 6.45) is 3.55. The molecule has 2 aliphatic heterocycles. The summed E-state index contributed by atoms with van der Waals surface area (Å²) in [5.41, 5.74) is 1.93. The molecule has 6 nitrogen and oxygen atoms in total. The average molecular weight is 381 g/mol. The van der Waals surface area contributed by atoms with E-state index in [9.17, 15) is 4.79 Å². The molecule has 0 spiro atoms. The van der Waals surface area contributed by atoms with Gasteiger partial charge < -0.3 is 14.4 Å². The molecule has 0 unspecified atom stereocenters. The molecule has 2 aliphatic rings. The SMILES string of the molecule is O=C(c1ccc(OC2CCOCC2)nc1)N1CCN(Cc2ccccc2)CC1. The van der Waals surface area contributed by atoms with Crippen LogP contribution in [0.4, 0.5) is 0 Å². The van der Waals surface area contributed by atoms with Gasteiger partial charge in [-0.1, -0.05) is 30.3 Å². The molecule has 1 aromatic heterocycles. The fourth-order valence-electron chi connectivity index (χ4n) is 3.67. The van der Waals surface area contributed by atoms with Gasteiger partial charge in [0, 0.05) is 57.8 Å². The van der Waals surface area contributed by atoms with Crippen LogP contribution in [-0.4, -0.2) is 66.2 Å². The van der Waals surface area contributed by atoms with Crippen molar-refractivity contribution in [1.82, 2.24) is 14.8 Å². The third kappa shape index (κ3) is 4.88. The van der Waals surface area contributed by atoms with Crippen molar-refractivity contribution < 1.29 is 14.3 Å². The molecular formula is C22H27N3O3. The molecule has 0 radical (unpaired) electrons. The highest BCUT2D eigenvalue weighted by molar-refractivity contribution is 5.94. The summed E-state index contributed by atoms with van der Waals surface area (Å²) < 4.78 is 11.2. The van der Waals surface area contributed by atoms with Crippen molar-refractivity contribution in [2.24, 2.45) is 0 Å². The Morgan fingerprint density at radius 2 is 1.79 bits per heavy atom. The maximum Gasteiger partial charge on any atom is 0.255 e. The number of nitrogens with zero attached hydrogens (tertiary/aromatic N) is 3. The number of piperazine rings is 1. The maximum absolute atomic E-state index is 12.8. The van der Waals surface area contributed by atoms with Crippen LogP contribution in [0.2, 0.25) is 0 Å². The van der Waals surface area contributed by atoms with Gasteiger partial charge in [-0.15, -0.1) is 0 Å². The number of amides is 1. The minimum atomic E-state index is 0.0458. The summed E-state index contributed by atoms with van der Waals surface area (Å²) >= 11 is 0. The van der Waals surface area contributed by atoms with Crippen LogP contribution < -0.4 is 4.74 Å². The number of hydrogen-bond donors (Lipinski definition) is 0. The molecule has 148 valence electrons. The van der Waals surface area contributed by atoms with Crippen LogP contribution in [0.5, 0.6) is 5.88 Å². The average Bonchev–Trinajstić information content (AvgIpc) is 2.76. The smallest absolute Gasteiger partial charge is 0.255 e. The minimum Gasteiger partial charge on any atom is -0.474 e. The van der Waals surface area contributed by atoms with E-state index in [1.165, 1.54) is 5.56 Å². The molecule has 1 aromatic carbocycles. The van der Waals surface area contributed by atoms with E-state index in [0.29, 0.717) is 11.4 Å². The predicted molar refractivity (Wildman–Crippen MR) is 106 cm³/mol. The third-order valence-electron chi connectivity index (χ3n) is 5.35. The van der Waals surface area contributed by atoms with Gasteiger partial charge in [0.05, 0.1) is 18.8 Å². The lowest BCUT2D eigenvalue weighted by Gasteiger charge is -2.34. The molecule has 3 heterocycles. The predicted octanol–water partition coefficient (Wildman–Crippen LogP) is 2.60. The molecule has 0 saturated carbocycles. The van der Waals surface area contributed by atoms with Gasteiger partial charge in [0.25, 0.3) is 5.91 Å². The van der Waals surface area contributed by atoms with E-state index < -0.39 is 0 Å². The normalized spacial score (nSPS) is 18.8. The number of carbonyl (C=O) groups excluding carboxylic acids is 1. The van der Waals surface area contributed by atoms with Crippen LogP contribution in [0.15, 0.2) is 48.7 Å². The molecule has 2 fully saturated rings. The Labute approximate surface area is 166 Å². The maximum atomic E-state index is 12.8. The van der Waals surface area contributed by atoms with Gasteiger partial charge >= 0.3 is 0 Å². The molecule has 0 aliphatic carbocycles. The van der Waals surface area contributed by atoms with Crippen LogP contribution in [0.1, 0.15) is 28.8 Å². The van der Waals surface area contributed by atoms with Crippen LogP contribution in [0.25, 0.3) is 0 Å². The first-order valence-electron chi connectivity index (χ1n) is 10.0. The number of carbonyl (C=O) groups is 1. The fraction of sp³-hybridized carbons (Fsp3) is 0.455. The van der Waals surface area contributed by atoms with E-state index in [4.69, 9.17) is 9.47 Å². The molecule has 28 heavy (non-hydrogen) atoms. The van der Waals surface area contributed by atoms with E-state index in [0.717, 1.165) is 58.8 Å². The Kier molecular flexibility index (Phi) is 6.19. The van der Waals surface area contributed by atoms with Gasteiger partial charge in [0.1, 0.15) is 6.10 Å². The first-order chi connectivity index (χ1) is 13.8. The van der Waals surface area contributed by atoms with E-state index in [2.05, 4.69) is 34.1 Å². The van der Waals surface area contributed by atoms with E-state index in [-0.39, 0.29) is 12.0 Å². The molecule has 6 heteroatoms. The molecule has 0 N–H and O–H groups in total. The Morgan fingerprint density at radius 1 is 1.04 bits per heavy atom. The third-order valence-corrected chi connectivity index (χ3v) is 5.35. The lowest BCUT2D eigenvalue weighted by Crippen LogP contribution is -2.48. The second kappa shape index (κ2) is 9.17. The summed E-state index contributed by atoms with van der Waals surface area (Å²) in [5, 5.41) is 0. The van der Waals surface area contributed by atoms with Crippen LogP contribution in [0, 0.1) is 0 Å². The van der Waals surface area contributed by atoms with Gasteiger partial charge in [-0.3, -0.25) is 9.69 Å². The van der Waals surface area contributed by atoms with Crippen molar-refractivity contribution >= 4 is 5.91 Å². The molecule has 2 saturated heterocycles. The Balaban J connectivity index is 1.27. The van der Waals surface area contributed by atoms with Crippen molar-refractivity contribution in [3.8, 4) is 5.88 Å². The van der Waals surface area contributed by atoms with Crippen LogP contribution in [-0.2, 0) is 11.3 Å². The fourth-order valence-corrected chi connectivity index (χ4v) is 3.67. The van der Waals surface area contributed by atoms with Gasteiger partial charge in [-0.2, -0.15) is 0 Å². The lowest BCUT2D eigenvalue weighted by atomic mass is 10.1. The standard InChI is InChI=1S/C22H27N3O3/c26-22(19-6-7-21(23-16-19)28-20-8-14-27-15-9-20)25-12-10-24(11-13-25)17-18-4-2-1-3-5-18/h1-7,16,20H,8-15,17H2. The van der Waals surface area contributed by atoms with Gasteiger partial charge in [-0.25, -0.2) is 4.98 Å². The largest absolute Gasteiger partial charge is 0.474 e. The summed E-state index contributed by atoms with van der Waals surface area (Å²) in [5.74, 6) is 0.626. The molecule has 0 bridgehead atoms. The van der Waals surface area contributed by atoms with Gasteiger partial charge in [0.2, 0.25) is 5.88 Å². The Morgan fingerprint density at radius 3 is 2.46 bits per heavy atom. The molecule has 2 aromatic rings. The number of pyridine rings is 1. The lowest BCUT2D eigenvalue weighted by molar-refractivity contribution is 0.0237. The summed E-state index contributed by atoms with van der Waals surface area (Å²) in [4.78, 5) is 21.4. The van der Waals surface area contributed by atoms with Crippen molar-refractivity contribution in [3.63, 3.8) is 0 Å². The zero-order chi connectivity index (χ0) is 19.2.